The summed E-state index contributed by atoms with van der Waals surface area (Å²) in [5.41, 5.74) is 3.08. The topological polar surface area (TPSA) is 80.8 Å². The molecule has 1 N–H and O–H groups in total. The third kappa shape index (κ3) is 3.37. The molecule has 100 valence electrons. The van der Waals surface area contributed by atoms with E-state index in [2.05, 4.69) is 20.6 Å². The minimum absolute atomic E-state index is 0.189. The SMILES string of the molecule is CCOC(=O)CCc1cc(C)ccc1-c1nnn[nH]1. The van der Waals surface area contributed by atoms with Gasteiger partial charge in [0.15, 0.2) is 5.82 Å². The summed E-state index contributed by atoms with van der Waals surface area (Å²) < 4.78 is 4.94. The van der Waals surface area contributed by atoms with E-state index < -0.39 is 0 Å². The molecule has 0 atom stereocenters. The van der Waals surface area contributed by atoms with Gasteiger partial charge in [-0.3, -0.25) is 4.79 Å². The van der Waals surface area contributed by atoms with Gasteiger partial charge in [-0.15, -0.1) is 5.10 Å². The Hall–Kier alpha value is -2.24. The monoisotopic (exact) mass is 260 g/mol. The highest BCUT2D eigenvalue weighted by Crippen LogP contribution is 2.22. The van der Waals surface area contributed by atoms with E-state index in [1.165, 1.54) is 0 Å². The first-order valence-corrected chi connectivity index (χ1v) is 6.20. The number of nitrogens with zero attached hydrogens (tertiary/aromatic N) is 3. The molecule has 2 rings (SSSR count). The summed E-state index contributed by atoms with van der Waals surface area (Å²) in [7, 11) is 0. The van der Waals surface area contributed by atoms with Crippen LogP contribution < -0.4 is 0 Å². The minimum atomic E-state index is -0.189. The molecule has 6 nitrogen and oxygen atoms in total. The number of hydrogen-bond acceptors (Lipinski definition) is 5. The maximum absolute atomic E-state index is 11.4. The zero-order chi connectivity index (χ0) is 13.7. The van der Waals surface area contributed by atoms with Crippen molar-refractivity contribution in [2.24, 2.45) is 0 Å². The molecular weight excluding hydrogens is 244 g/mol. The van der Waals surface area contributed by atoms with Crippen molar-refractivity contribution in [2.75, 3.05) is 6.61 Å². The molecule has 0 unspecified atom stereocenters. The normalized spacial score (nSPS) is 10.4. The molecule has 6 heteroatoms. The van der Waals surface area contributed by atoms with Crippen LogP contribution in [0.5, 0.6) is 0 Å². The second-order valence-electron chi connectivity index (χ2n) is 4.22. The van der Waals surface area contributed by atoms with Gasteiger partial charge in [-0.25, -0.2) is 5.10 Å². The number of H-pyrrole nitrogens is 1. The van der Waals surface area contributed by atoms with Crippen LogP contribution in [-0.4, -0.2) is 33.2 Å². The minimum Gasteiger partial charge on any atom is -0.466 e. The predicted molar refractivity (Wildman–Crippen MR) is 69.3 cm³/mol. The van der Waals surface area contributed by atoms with Crippen molar-refractivity contribution in [3.63, 3.8) is 0 Å². The van der Waals surface area contributed by atoms with Crippen molar-refractivity contribution in [3.05, 3.63) is 29.3 Å². The molecule has 0 aliphatic carbocycles. The van der Waals surface area contributed by atoms with Crippen LogP contribution in [-0.2, 0) is 16.0 Å². The van der Waals surface area contributed by atoms with Crippen LogP contribution in [0.2, 0.25) is 0 Å². The summed E-state index contributed by atoms with van der Waals surface area (Å²) >= 11 is 0. The number of esters is 1. The lowest BCUT2D eigenvalue weighted by Gasteiger charge is -2.08. The predicted octanol–water partition coefficient (Wildman–Crippen LogP) is 1.67. The Morgan fingerprint density at radius 1 is 1.42 bits per heavy atom. The van der Waals surface area contributed by atoms with Crippen LogP contribution in [0.3, 0.4) is 0 Å². The van der Waals surface area contributed by atoms with E-state index in [1.807, 2.05) is 25.1 Å². The Labute approximate surface area is 111 Å². The summed E-state index contributed by atoms with van der Waals surface area (Å²) in [6.45, 7) is 4.22. The number of tetrazole rings is 1. The Morgan fingerprint density at radius 2 is 2.26 bits per heavy atom. The third-order valence-corrected chi connectivity index (χ3v) is 2.76. The Kier molecular flexibility index (Phi) is 4.22. The van der Waals surface area contributed by atoms with Gasteiger partial charge in [-0.2, -0.15) is 0 Å². The number of rotatable bonds is 5. The number of aromatic amines is 1. The average Bonchev–Trinajstić information content (AvgIpc) is 2.90. The molecule has 0 aliphatic heterocycles. The number of aryl methyl sites for hydroxylation is 2. The summed E-state index contributed by atoms with van der Waals surface area (Å²) in [6.07, 6.45) is 0.961. The zero-order valence-electron chi connectivity index (χ0n) is 11.0. The highest BCUT2D eigenvalue weighted by atomic mass is 16.5. The molecule has 2 aromatic rings. The third-order valence-electron chi connectivity index (χ3n) is 2.76. The van der Waals surface area contributed by atoms with Crippen molar-refractivity contribution < 1.29 is 9.53 Å². The molecule has 0 spiro atoms. The van der Waals surface area contributed by atoms with Crippen molar-refractivity contribution in [2.45, 2.75) is 26.7 Å². The van der Waals surface area contributed by atoms with Crippen LogP contribution in [0.15, 0.2) is 18.2 Å². The average molecular weight is 260 g/mol. The molecular formula is C13H16N4O2. The lowest BCUT2D eigenvalue weighted by Crippen LogP contribution is -2.06. The Bertz CT molecular complexity index is 552. The van der Waals surface area contributed by atoms with E-state index in [4.69, 9.17) is 4.74 Å². The number of aromatic nitrogens is 4. The second-order valence-corrected chi connectivity index (χ2v) is 4.22. The first-order valence-electron chi connectivity index (χ1n) is 6.20. The van der Waals surface area contributed by atoms with Crippen LogP contribution in [0, 0.1) is 6.92 Å². The van der Waals surface area contributed by atoms with Gasteiger partial charge in [-0.05, 0) is 36.3 Å². The van der Waals surface area contributed by atoms with E-state index >= 15 is 0 Å². The molecule has 0 saturated carbocycles. The van der Waals surface area contributed by atoms with Crippen LogP contribution >= 0.6 is 0 Å². The lowest BCUT2D eigenvalue weighted by molar-refractivity contribution is -0.143. The fourth-order valence-corrected chi connectivity index (χ4v) is 1.90. The molecule has 0 bridgehead atoms. The standard InChI is InChI=1S/C13H16N4O2/c1-3-19-12(18)7-5-10-8-9(2)4-6-11(10)13-14-16-17-15-13/h4,6,8H,3,5,7H2,1-2H3,(H,14,15,16,17). The number of carbonyl (C=O) groups is 1. The van der Waals surface area contributed by atoms with E-state index in [-0.39, 0.29) is 5.97 Å². The lowest BCUT2D eigenvalue weighted by atomic mass is 10.00. The number of benzene rings is 1. The molecule has 1 aromatic carbocycles. The van der Waals surface area contributed by atoms with Crippen LogP contribution in [0.1, 0.15) is 24.5 Å². The zero-order valence-corrected chi connectivity index (χ0v) is 11.0. The van der Waals surface area contributed by atoms with Crippen molar-refractivity contribution in [1.82, 2.24) is 20.6 Å². The molecule has 0 radical (unpaired) electrons. The highest BCUT2D eigenvalue weighted by molar-refractivity contribution is 5.70. The van der Waals surface area contributed by atoms with Gasteiger partial charge in [0.2, 0.25) is 0 Å². The molecule has 0 amide bonds. The maximum atomic E-state index is 11.4. The summed E-state index contributed by atoms with van der Waals surface area (Å²) in [6, 6.07) is 5.99. The highest BCUT2D eigenvalue weighted by Gasteiger charge is 2.11. The van der Waals surface area contributed by atoms with Gasteiger partial charge >= 0.3 is 5.97 Å². The maximum Gasteiger partial charge on any atom is 0.306 e. The molecule has 1 aromatic heterocycles. The van der Waals surface area contributed by atoms with Gasteiger partial charge < -0.3 is 4.74 Å². The van der Waals surface area contributed by atoms with Gasteiger partial charge in [0.25, 0.3) is 0 Å². The smallest absolute Gasteiger partial charge is 0.306 e. The fraction of sp³-hybridized carbons (Fsp3) is 0.385. The molecule has 0 aliphatic rings. The summed E-state index contributed by atoms with van der Waals surface area (Å²) in [5, 5.41) is 13.8. The molecule has 19 heavy (non-hydrogen) atoms. The van der Waals surface area contributed by atoms with Crippen molar-refractivity contribution in [1.29, 1.82) is 0 Å². The van der Waals surface area contributed by atoms with Gasteiger partial charge in [-0.1, -0.05) is 23.8 Å². The first-order chi connectivity index (χ1) is 9.20. The molecule has 0 saturated heterocycles. The second kappa shape index (κ2) is 6.08. The largest absolute Gasteiger partial charge is 0.466 e. The van der Waals surface area contributed by atoms with Gasteiger partial charge in [0.05, 0.1) is 6.61 Å². The number of nitrogens with one attached hydrogen (secondary N) is 1. The molecule has 0 fully saturated rings. The quantitative estimate of drug-likeness (QED) is 0.827. The Balaban J connectivity index is 2.19. The number of ether oxygens (including phenoxy) is 1. The van der Waals surface area contributed by atoms with Crippen LogP contribution in [0.25, 0.3) is 11.4 Å². The van der Waals surface area contributed by atoms with E-state index in [0.717, 1.165) is 16.7 Å². The van der Waals surface area contributed by atoms with Gasteiger partial charge in [0.1, 0.15) is 0 Å². The Morgan fingerprint density at radius 3 is 2.95 bits per heavy atom. The van der Waals surface area contributed by atoms with E-state index in [1.54, 1.807) is 6.92 Å². The fourth-order valence-electron chi connectivity index (χ4n) is 1.90. The number of hydrogen-bond donors (Lipinski definition) is 1. The van der Waals surface area contributed by atoms with Crippen molar-refractivity contribution >= 4 is 5.97 Å². The van der Waals surface area contributed by atoms with E-state index in [9.17, 15) is 4.79 Å². The van der Waals surface area contributed by atoms with Crippen molar-refractivity contribution in [3.8, 4) is 11.4 Å². The van der Waals surface area contributed by atoms with Gasteiger partial charge in [0, 0.05) is 12.0 Å². The summed E-state index contributed by atoms with van der Waals surface area (Å²) in [4.78, 5) is 11.4. The summed E-state index contributed by atoms with van der Waals surface area (Å²) in [5.74, 6) is 0.421. The molecule has 1 heterocycles. The van der Waals surface area contributed by atoms with E-state index in [0.29, 0.717) is 25.3 Å². The number of carbonyl (C=O) groups excluding carboxylic acids is 1. The van der Waals surface area contributed by atoms with Crippen LogP contribution in [0.4, 0.5) is 0 Å². The first kappa shape index (κ1) is 13.2.